The van der Waals surface area contributed by atoms with Crippen LogP contribution in [0.3, 0.4) is 0 Å². The molecule has 3 rings (SSSR count). The molecule has 1 fully saturated rings. The maximum atomic E-state index is 13.8. The first kappa shape index (κ1) is 20.7. The average molecular weight is 448 g/mol. The van der Waals surface area contributed by atoms with Crippen LogP contribution >= 0.6 is 0 Å². The smallest absolute Gasteiger partial charge is 0.415 e. The molecule has 1 N–H and O–H groups in total. The van der Waals surface area contributed by atoms with Gasteiger partial charge in [-0.3, -0.25) is 0 Å². The van der Waals surface area contributed by atoms with Crippen LogP contribution in [0.2, 0.25) is 0 Å². The quantitative estimate of drug-likeness (QED) is 0.714. The lowest BCUT2D eigenvalue weighted by Gasteiger charge is -2.39. The molecule has 0 amide bonds. The molecule has 1 heterocycles. The van der Waals surface area contributed by atoms with E-state index < -0.39 is 58.4 Å². The summed E-state index contributed by atoms with van der Waals surface area (Å²) in [6, 6.07) is 7.82. The number of phenolic OH excluding ortho intramolecular Hbond substituents is 1. The van der Waals surface area contributed by atoms with Crippen molar-refractivity contribution in [2.24, 2.45) is 0 Å². The number of alkyl halides is 6. The first-order valence-electron chi connectivity index (χ1n) is 7.40. The molecule has 13 heteroatoms. The maximum absolute atomic E-state index is 13.8. The molecule has 0 atom stereocenters. The van der Waals surface area contributed by atoms with Crippen molar-refractivity contribution in [2.75, 3.05) is 0 Å². The van der Waals surface area contributed by atoms with E-state index >= 15 is 0 Å². The SMILES string of the molecule is O=S1(=O)C(Cc2c(O)ccc3ccccc23)S(=O)(=O)C(F)(F)C(F)(F)C1(F)F. The number of hydrogen-bond donors (Lipinski definition) is 1. The normalized spacial score (nSPS) is 24.8. The van der Waals surface area contributed by atoms with Gasteiger partial charge in [-0.25, -0.2) is 16.8 Å². The minimum atomic E-state index is -6.67. The zero-order chi connectivity index (χ0) is 21.3. The van der Waals surface area contributed by atoms with Crippen molar-refractivity contribution in [3.63, 3.8) is 0 Å². The Hall–Kier alpha value is -2.02. The van der Waals surface area contributed by atoms with E-state index in [1.54, 1.807) is 0 Å². The summed E-state index contributed by atoms with van der Waals surface area (Å²) in [6.07, 6.45) is -1.57. The Bertz CT molecular complexity index is 1130. The average Bonchev–Trinajstić information content (AvgIpc) is 2.59. The largest absolute Gasteiger partial charge is 0.508 e. The van der Waals surface area contributed by atoms with Crippen LogP contribution in [0.4, 0.5) is 26.3 Å². The van der Waals surface area contributed by atoms with Gasteiger partial charge in [0.05, 0.1) is 0 Å². The summed E-state index contributed by atoms with van der Waals surface area (Å²) in [4.78, 5) is 0. The van der Waals surface area contributed by atoms with E-state index in [9.17, 15) is 48.3 Å². The summed E-state index contributed by atoms with van der Waals surface area (Å²) in [6.45, 7) is 0. The molecule has 1 saturated heterocycles. The maximum Gasteiger partial charge on any atom is 0.415 e. The third-order valence-electron chi connectivity index (χ3n) is 4.52. The van der Waals surface area contributed by atoms with E-state index in [0.717, 1.165) is 6.07 Å². The van der Waals surface area contributed by atoms with Crippen molar-refractivity contribution in [3.05, 3.63) is 42.0 Å². The summed E-state index contributed by atoms with van der Waals surface area (Å²) in [5, 5.41) is -2.49. The van der Waals surface area contributed by atoms with Gasteiger partial charge in [0.2, 0.25) is 19.7 Å². The first-order chi connectivity index (χ1) is 12.6. The third kappa shape index (κ3) is 2.31. The molecule has 28 heavy (non-hydrogen) atoms. The van der Waals surface area contributed by atoms with E-state index in [1.165, 1.54) is 30.3 Å². The fourth-order valence-electron chi connectivity index (χ4n) is 2.95. The van der Waals surface area contributed by atoms with Gasteiger partial charge in [0.1, 0.15) is 5.75 Å². The highest BCUT2D eigenvalue weighted by atomic mass is 32.3. The molecule has 2 aromatic rings. The standard InChI is InChI=1S/C15H10F6O5S2/c16-13(17)14(18,19)27(23,24)12(28(25,26)15(13,20)21)7-10-9-4-2-1-3-8(9)5-6-11(10)22/h1-6,12,22H,7H2. The van der Waals surface area contributed by atoms with Gasteiger partial charge in [-0.1, -0.05) is 30.3 Å². The van der Waals surface area contributed by atoms with E-state index in [2.05, 4.69) is 0 Å². The molecule has 2 aromatic carbocycles. The van der Waals surface area contributed by atoms with Gasteiger partial charge in [0.25, 0.3) is 0 Å². The van der Waals surface area contributed by atoms with Crippen molar-refractivity contribution in [1.29, 1.82) is 0 Å². The van der Waals surface area contributed by atoms with Gasteiger partial charge < -0.3 is 5.11 Å². The minimum absolute atomic E-state index is 0.0168. The zero-order valence-corrected chi connectivity index (χ0v) is 15.0. The summed E-state index contributed by atoms with van der Waals surface area (Å²) < 4.78 is 127. The number of benzene rings is 2. The van der Waals surface area contributed by atoms with Crippen LogP contribution in [0.1, 0.15) is 5.56 Å². The van der Waals surface area contributed by atoms with Gasteiger partial charge >= 0.3 is 16.4 Å². The zero-order valence-electron chi connectivity index (χ0n) is 13.4. The fourth-order valence-corrected chi connectivity index (χ4v) is 7.48. The molecule has 1 aliphatic rings. The third-order valence-corrected chi connectivity index (χ3v) is 9.70. The van der Waals surface area contributed by atoms with Gasteiger partial charge in [0, 0.05) is 12.0 Å². The Morgan fingerprint density at radius 3 is 1.86 bits per heavy atom. The topological polar surface area (TPSA) is 88.5 Å². The summed E-state index contributed by atoms with van der Waals surface area (Å²) in [5.41, 5.74) is -0.563. The fraction of sp³-hybridized carbons (Fsp3) is 0.333. The molecule has 5 nitrogen and oxygen atoms in total. The lowest BCUT2D eigenvalue weighted by molar-refractivity contribution is -0.246. The van der Waals surface area contributed by atoms with Crippen molar-refractivity contribution < 1.29 is 48.3 Å². The predicted octanol–water partition coefficient (Wildman–Crippen LogP) is 3.08. The molecule has 0 saturated carbocycles. The Balaban J connectivity index is 2.30. The van der Waals surface area contributed by atoms with E-state index in [4.69, 9.17) is 0 Å². The van der Waals surface area contributed by atoms with Crippen molar-refractivity contribution in [2.45, 2.75) is 27.4 Å². The Labute approximate surface area is 154 Å². The Morgan fingerprint density at radius 1 is 0.821 bits per heavy atom. The van der Waals surface area contributed by atoms with Crippen LogP contribution in [0.5, 0.6) is 5.75 Å². The first-order valence-corrected chi connectivity index (χ1v) is 10.5. The number of fused-ring (bicyclic) bond motifs is 1. The second kappa shape index (κ2) is 5.75. The van der Waals surface area contributed by atoms with E-state index in [0.29, 0.717) is 5.39 Å². The van der Waals surface area contributed by atoms with Gasteiger partial charge in [-0.15, -0.1) is 0 Å². The van der Waals surface area contributed by atoms with Crippen LogP contribution in [0.25, 0.3) is 10.8 Å². The van der Waals surface area contributed by atoms with Crippen LogP contribution in [0, 0.1) is 0 Å². The Kier molecular flexibility index (Phi) is 4.25. The van der Waals surface area contributed by atoms with Crippen molar-refractivity contribution >= 4 is 30.4 Å². The molecular formula is C15H10F6O5S2. The second-order valence-corrected chi connectivity index (χ2v) is 10.8. The van der Waals surface area contributed by atoms with Crippen molar-refractivity contribution in [1.82, 2.24) is 0 Å². The molecule has 0 radical (unpaired) electrons. The Morgan fingerprint density at radius 2 is 1.32 bits per heavy atom. The number of sulfone groups is 2. The van der Waals surface area contributed by atoms with E-state index in [1.807, 2.05) is 0 Å². The van der Waals surface area contributed by atoms with E-state index in [-0.39, 0.29) is 5.39 Å². The molecule has 1 aliphatic heterocycles. The number of halogens is 6. The van der Waals surface area contributed by atoms with Crippen LogP contribution < -0.4 is 0 Å². The van der Waals surface area contributed by atoms with Gasteiger partial charge in [-0.05, 0) is 16.8 Å². The number of phenols is 1. The van der Waals surface area contributed by atoms with Crippen LogP contribution in [0.15, 0.2) is 36.4 Å². The summed E-state index contributed by atoms with van der Waals surface area (Å²) in [7, 11) is -13.3. The minimum Gasteiger partial charge on any atom is -0.508 e. The highest BCUT2D eigenvalue weighted by Gasteiger charge is 2.88. The summed E-state index contributed by atoms with van der Waals surface area (Å²) in [5.74, 6) is -7.44. The lowest BCUT2D eigenvalue weighted by Crippen LogP contribution is -2.70. The molecule has 0 unspecified atom stereocenters. The van der Waals surface area contributed by atoms with Crippen LogP contribution in [-0.4, -0.2) is 43.0 Å². The lowest BCUT2D eigenvalue weighted by atomic mass is 10.0. The highest BCUT2D eigenvalue weighted by molar-refractivity contribution is 8.10. The molecule has 0 spiro atoms. The van der Waals surface area contributed by atoms with Gasteiger partial charge in [-0.2, -0.15) is 26.3 Å². The number of hydrogen-bond acceptors (Lipinski definition) is 5. The molecular weight excluding hydrogens is 438 g/mol. The highest BCUT2D eigenvalue weighted by Crippen LogP contribution is 2.58. The molecule has 154 valence electrons. The molecule has 0 bridgehead atoms. The predicted molar refractivity (Wildman–Crippen MR) is 85.8 cm³/mol. The number of rotatable bonds is 2. The number of aromatic hydroxyl groups is 1. The molecule has 0 aromatic heterocycles. The van der Waals surface area contributed by atoms with Gasteiger partial charge in [0.15, 0.2) is 4.58 Å². The monoisotopic (exact) mass is 448 g/mol. The van der Waals surface area contributed by atoms with Crippen molar-refractivity contribution in [3.8, 4) is 5.75 Å². The second-order valence-electron chi connectivity index (χ2n) is 6.12. The molecule has 0 aliphatic carbocycles. The van der Waals surface area contributed by atoms with Crippen LogP contribution in [-0.2, 0) is 26.1 Å². The summed E-state index contributed by atoms with van der Waals surface area (Å²) >= 11 is 0.